The second-order valence-electron chi connectivity index (χ2n) is 4.73. The van der Waals surface area contributed by atoms with Gasteiger partial charge >= 0.3 is 6.03 Å². The molecule has 2 rings (SSSR count). The van der Waals surface area contributed by atoms with E-state index in [1.165, 1.54) is 6.33 Å². The molecule has 1 saturated heterocycles. The fourth-order valence-corrected chi connectivity index (χ4v) is 2.40. The Balaban J connectivity index is 1.76. The highest BCUT2D eigenvalue weighted by Crippen LogP contribution is 2.17. The fraction of sp³-hybridized carbons (Fsp3) is 0.750. The third-order valence-electron chi connectivity index (χ3n) is 3.43. The molecule has 1 aliphatic rings. The summed E-state index contributed by atoms with van der Waals surface area (Å²) in [4.78, 5) is 18.0. The quantitative estimate of drug-likeness (QED) is 0.826. The Bertz CT molecular complexity index is 420. The second-order valence-corrected chi connectivity index (χ2v) is 4.73. The lowest BCUT2D eigenvalue weighted by Gasteiger charge is -2.24. The molecule has 2 heterocycles. The molecule has 1 unspecified atom stereocenters. The van der Waals surface area contributed by atoms with Crippen LogP contribution in [0, 0.1) is 0 Å². The topological polar surface area (TPSA) is 72.3 Å². The smallest absolute Gasteiger partial charge is 0.317 e. The van der Waals surface area contributed by atoms with Crippen LogP contribution in [0.1, 0.15) is 18.7 Å². The van der Waals surface area contributed by atoms with Crippen LogP contribution in [-0.2, 0) is 18.2 Å². The Hall–Kier alpha value is -1.63. The summed E-state index contributed by atoms with van der Waals surface area (Å²) in [6.45, 7) is 1.99. The maximum atomic E-state index is 12.1. The van der Waals surface area contributed by atoms with Crippen LogP contribution in [0.15, 0.2) is 6.33 Å². The van der Waals surface area contributed by atoms with Crippen molar-refractivity contribution >= 4 is 6.03 Å². The van der Waals surface area contributed by atoms with Gasteiger partial charge in [0.05, 0.1) is 12.6 Å². The van der Waals surface area contributed by atoms with Gasteiger partial charge in [-0.1, -0.05) is 0 Å². The lowest BCUT2D eigenvalue weighted by Crippen LogP contribution is -2.45. The van der Waals surface area contributed by atoms with Crippen molar-refractivity contribution in [3.05, 3.63) is 12.2 Å². The molecule has 0 bridgehead atoms. The van der Waals surface area contributed by atoms with Gasteiger partial charge in [0.2, 0.25) is 0 Å². The van der Waals surface area contributed by atoms with Crippen molar-refractivity contribution in [2.45, 2.75) is 25.3 Å². The summed E-state index contributed by atoms with van der Waals surface area (Å²) in [5.74, 6) is 0.871. The molecular formula is C12H21N5O2. The molecule has 2 amide bonds. The number of nitrogens with one attached hydrogen (secondary N) is 1. The monoisotopic (exact) mass is 267 g/mol. The Morgan fingerprint density at radius 1 is 1.63 bits per heavy atom. The predicted octanol–water partition coefficient (Wildman–Crippen LogP) is 0.178. The minimum Gasteiger partial charge on any atom is -0.383 e. The van der Waals surface area contributed by atoms with Crippen LogP contribution in [-0.4, -0.2) is 58.5 Å². The minimum absolute atomic E-state index is 0.0123. The molecule has 19 heavy (non-hydrogen) atoms. The molecule has 1 atom stereocenters. The zero-order valence-corrected chi connectivity index (χ0v) is 11.5. The maximum Gasteiger partial charge on any atom is 0.317 e. The van der Waals surface area contributed by atoms with Crippen LogP contribution >= 0.6 is 0 Å². The number of rotatable bonds is 5. The van der Waals surface area contributed by atoms with Gasteiger partial charge in [-0.2, -0.15) is 5.10 Å². The van der Waals surface area contributed by atoms with Gasteiger partial charge in [0.25, 0.3) is 0 Å². The van der Waals surface area contributed by atoms with Crippen LogP contribution in [0.25, 0.3) is 0 Å². The highest BCUT2D eigenvalue weighted by atomic mass is 16.5. The number of hydrogen-bond donors (Lipinski definition) is 1. The minimum atomic E-state index is -0.0123. The molecule has 7 nitrogen and oxygen atoms in total. The zero-order chi connectivity index (χ0) is 13.7. The van der Waals surface area contributed by atoms with Crippen LogP contribution in [0.3, 0.4) is 0 Å². The molecule has 1 aromatic heterocycles. The van der Waals surface area contributed by atoms with E-state index >= 15 is 0 Å². The van der Waals surface area contributed by atoms with E-state index in [1.54, 1.807) is 11.8 Å². The first-order valence-corrected chi connectivity index (χ1v) is 6.58. The molecular weight excluding hydrogens is 246 g/mol. The summed E-state index contributed by atoms with van der Waals surface area (Å²) in [7, 11) is 3.52. The van der Waals surface area contributed by atoms with Crippen molar-refractivity contribution in [2.24, 2.45) is 7.05 Å². The number of amides is 2. The third-order valence-corrected chi connectivity index (χ3v) is 3.43. The first-order valence-electron chi connectivity index (χ1n) is 6.58. The predicted molar refractivity (Wildman–Crippen MR) is 69.7 cm³/mol. The van der Waals surface area contributed by atoms with Gasteiger partial charge in [-0.15, -0.1) is 0 Å². The van der Waals surface area contributed by atoms with Crippen molar-refractivity contribution in [1.82, 2.24) is 25.0 Å². The average Bonchev–Trinajstić information content (AvgIpc) is 3.00. The van der Waals surface area contributed by atoms with Gasteiger partial charge in [0.15, 0.2) is 0 Å². The zero-order valence-electron chi connectivity index (χ0n) is 11.5. The Morgan fingerprint density at radius 3 is 3.16 bits per heavy atom. The molecule has 0 aromatic carbocycles. The van der Waals surface area contributed by atoms with Gasteiger partial charge in [0, 0.05) is 33.7 Å². The van der Waals surface area contributed by atoms with Crippen LogP contribution < -0.4 is 5.32 Å². The highest BCUT2D eigenvalue weighted by molar-refractivity contribution is 5.74. The standard InChI is InChI=1S/C12H21N5O2/c1-16-11(14-9-15-16)5-6-13-12(18)17-7-3-4-10(17)8-19-2/h9-10H,3-8H2,1-2H3,(H,13,18). The van der Waals surface area contributed by atoms with Crippen molar-refractivity contribution in [3.8, 4) is 0 Å². The van der Waals surface area contributed by atoms with Gasteiger partial charge in [-0.05, 0) is 12.8 Å². The van der Waals surface area contributed by atoms with Crippen molar-refractivity contribution < 1.29 is 9.53 Å². The van der Waals surface area contributed by atoms with E-state index in [4.69, 9.17) is 4.74 Å². The van der Waals surface area contributed by atoms with E-state index in [-0.39, 0.29) is 12.1 Å². The van der Waals surface area contributed by atoms with Crippen molar-refractivity contribution in [1.29, 1.82) is 0 Å². The summed E-state index contributed by atoms with van der Waals surface area (Å²) < 4.78 is 6.86. The highest BCUT2D eigenvalue weighted by Gasteiger charge is 2.28. The summed E-state index contributed by atoms with van der Waals surface area (Å²) in [6.07, 6.45) is 4.27. The van der Waals surface area contributed by atoms with Crippen LogP contribution in [0.2, 0.25) is 0 Å². The molecule has 0 aliphatic carbocycles. The normalized spacial score (nSPS) is 18.8. The molecule has 1 N–H and O–H groups in total. The summed E-state index contributed by atoms with van der Waals surface area (Å²) in [5, 5.41) is 6.92. The molecule has 0 saturated carbocycles. The first kappa shape index (κ1) is 13.8. The van der Waals surface area contributed by atoms with Crippen LogP contribution in [0.5, 0.6) is 0 Å². The lowest BCUT2D eigenvalue weighted by atomic mass is 10.2. The number of aromatic nitrogens is 3. The van der Waals surface area contributed by atoms with Crippen molar-refractivity contribution in [3.63, 3.8) is 0 Å². The Kier molecular flexibility index (Phi) is 4.73. The fourth-order valence-electron chi connectivity index (χ4n) is 2.40. The van der Waals surface area contributed by atoms with E-state index in [9.17, 15) is 4.79 Å². The molecule has 106 valence electrons. The average molecular weight is 267 g/mol. The molecule has 0 radical (unpaired) electrons. The molecule has 1 aliphatic heterocycles. The lowest BCUT2D eigenvalue weighted by molar-refractivity contribution is 0.123. The Morgan fingerprint density at radius 2 is 2.47 bits per heavy atom. The number of methoxy groups -OCH3 is 1. The number of urea groups is 1. The number of aryl methyl sites for hydroxylation is 1. The maximum absolute atomic E-state index is 12.1. The van der Waals surface area contributed by atoms with Crippen molar-refractivity contribution in [2.75, 3.05) is 26.8 Å². The van der Waals surface area contributed by atoms with E-state index in [2.05, 4.69) is 15.4 Å². The third kappa shape index (κ3) is 3.44. The number of carbonyl (C=O) groups excluding carboxylic acids is 1. The number of nitrogens with zero attached hydrogens (tertiary/aromatic N) is 4. The van der Waals surface area contributed by atoms with Gasteiger partial charge in [-0.3, -0.25) is 4.68 Å². The van der Waals surface area contributed by atoms with Gasteiger partial charge in [0.1, 0.15) is 12.2 Å². The number of likely N-dealkylation sites (tertiary alicyclic amines) is 1. The molecule has 1 aromatic rings. The summed E-state index contributed by atoms with van der Waals surface area (Å²) in [6, 6.07) is 0.196. The summed E-state index contributed by atoms with van der Waals surface area (Å²) >= 11 is 0. The molecule has 7 heteroatoms. The second kappa shape index (κ2) is 6.51. The van der Waals surface area contributed by atoms with E-state index < -0.39 is 0 Å². The van der Waals surface area contributed by atoms with E-state index in [0.717, 1.165) is 25.2 Å². The SMILES string of the molecule is COCC1CCCN1C(=O)NCCc1ncnn1C. The number of ether oxygens (including phenoxy) is 1. The van der Waals surface area contributed by atoms with E-state index in [1.807, 2.05) is 11.9 Å². The molecule has 1 fully saturated rings. The first-order chi connectivity index (χ1) is 9.22. The summed E-state index contributed by atoms with van der Waals surface area (Å²) in [5.41, 5.74) is 0. The van der Waals surface area contributed by atoms with Gasteiger partial charge < -0.3 is 15.0 Å². The number of hydrogen-bond acceptors (Lipinski definition) is 4. The Labute approximate surface area is 112 Å². The molecule has 0 spiro atoms. The number of carbonyl (C=O) groups is 1. The van der Waals surface area contributed by atoms with Crippen LogP contribution in [0.4, 0.5) is 4.79 Å². The largest absolute Gasteiger partial charge is 0.383 e. The van der Waals surface area contributed by atoms with Gasteiger partial charge in [-0.25, -0.2) is 9.78 Å². The van der Waals surface area contributed by atoms with E-state index in [0.29, 0.717) is 19.6 Å².